The van der Waals surface area contributed by atoms with E-state index in [4.69, 9.17) is 11.6 Å². The molecule has 94 valence electrons. The molecule has 0 saturated heterocycles. The third-order valence-electron chi connectivity index (χ3n) is 2.76. The fourth-order valence-corrected chi connectivity index (χ4v) is 1.88. The Balaban J connectivity index is 2.47. The van der Waals surface area contributed by atoms with Gasteiger partial charge >= 0.3 is 0 Å². The second-order valence-electron chi connectivity index (χ2n) is 4.24. The Morgan fingerprint density at radius 3 is 2.53 bits per heavy atom. The van der Waals surface area contributed by atoms with Crippen LogP contribution in [0.15, 0.2) is 42.5 Å². The van der Waals surface area contributed by atoms with Crippen LogP contribution in [-0.2, 0) is 0 Å². The van der Waals surface area contributed by atoms with Crippen LogP contribution in [0.25, 0.3) is 11.6 Å². The first-order valence-corrected chi connectivity index (χ1v) is 6.15. The number of benzene rings is 2. The summed E-state index contributed by atoms with van der Waals surface area (Å²) in [4.78, 5) is 0. The van der Waals surface area contributed by atoms with E-state index in [9.17, 15) is 10.4 Å². The number of hydrogen-bond acceptors (Lipinski definition) is 2. The van der Waals surface area contributed by atoms with E-state index in [2.05, 4.69) is 6.07 Å². The molecule has 0 bridgehead atoms. The van der Waals surface area contributed by atoms with Gasteiger partial charge in [-0.05, 0) is 42.8 Å². The van der Waals surface area contributed by atoms with Gasteiger partial charge in [-0.2, -0.15) is 5.26 Å². The Hall–Kier alpha value is -2.24. The summed E-state index contributed by atoms with van der Waals surface area (Å²) >= 11 is 5.82. The zero-order valence-corrected chi connectivity index (χ0v) is 11.1. The summed E-state index contributed by atoms with van der Waals surface area (Å²) in [6.45, 7) is 1.94. The summed E-state index contributed by atoms with van der Waals surface area (Å²) in [6, 6.07) is 14.5. The second-order valence-corrected chi connectivity index (χ2v) is 4.68. The summed E-state index contributed by atoms with van der Waals surface area (Å²) in [5.41, 5.74) is 2.91. The fraction of sp³-hybridized carbons (Fsp3) is 0.0625. The van der Waals surface area contributed by atoms with Gasteiger partial charge in [-0.15, -0.1) is 0 Å². The van der Waals surface area contributed by atoms with Crippen molar-refractivity contribution in [2.75, 3.05) is 0 Å². The van der Waals surface area contributed by atoms with E-state index in [1.54, 1.807) is 36.4 Å². The largest absolute Gasteiger partial charge is 0.507 e. The minimum atomic E-state index is 0.160. The van der Waals surface area contributed by atoms with Crippen LogP contribution in [0.3, 0.4) is 0 Å². The summed E-state index contributed by atoms with van der Waals surface area (Å²) in [5.74, 6) is 0.160. The summed E-state index contributed by atoms with van der Waals surface area (Å²) in [5, 5.41) is 19.7. The molecule has 0 saturated carbocycles. The normalized spacial score (nSPS) is 11.1. The van der Waals surface area contributed by atoms with Crippen LogP contribution in [-0.4, -0.2) is 5.11 Å². The maximum absolute atomic E-state index is 9.80. The number of rotatable bonds is 2. The van der Waals surface area contributed by atoms with Crippen molar-refractivity contribution < 1.29 is 5.11 Å². The molecule has 0 aliphatic carbocycles. The summed E-state index contributed by atoms with van der Waals surface area (Å²) < 4.78 is 0. The minimum Gasteiger partial charge on any atom is -0.507 e. The van der Waals surface area contributed by atoms with Crippen molar-refractivity contribution in [2.45, 2.75) is 6.92 Å². The van der Waals surface area contributed by atoms with E-state index >= 15 is 0 Å². The van der Waals surface area contributed by atoms with Crippen LogP contribution >= 0.6 is 11.6 Å². The van der Waals surface area contributed by atoms with Gasteiger partial charge in [0.25, 0.3) is 0 Å². The molecule has 0 heterocycles. The first-order chi connectivity index (χ1) is 9.10. The lowest BCUT2D eigenvalue weighted by atomic mass is 10.0. The smallest absolute Gasteiger partial charge is 0.122 e. The molecule has 0 aliphatic rings. The Morgan fingerprint density at radius 1 is 1.21 bits per heavy atom. The highest BCUT2D eigenvalue weighted by atomic mass is 35.5. The molecular weight excluding hydrogens is 258 g/mol. The lowest BCUT2D eigenvalue weighted by Gasteiger charge is -2.03. The molecule has 0 aromatic heterocycles. The van der Waals surface area contributed by atoms with Crippen molar-refractivity contribution in [3.05, 3.63) is 64.2 Å². The van der Waals surface area contributed by atoms with Crippen LogP contribution in [0.2, 0.25) is 5.02 Å². The minimum absolute atomic E-state index is 0.160. The molecule has 0 atom stereocenters. The zero-order chi connectivity index (χ0) is 13.8. The van der Waals surface area contributed by atoms with Gasteiger partial charge in [0.1, 0.15) is 5.75 Å². The van der Waals surface area contributed by atoms with Crippen LogP contribution in [0, 0.1) is 18.3 Å². The Morgan fingerprint density at radius 2 is 1.89 bits per heavy atom. The molecular formula is C16H12ClNO. The molecule has 0 fully saturated rings. The average molecular weight is 270 g/mol. The number of allylic oxidation sites excluding steroid dienone is 1. The molecule has 0 spiro atoms. The number of phenols is 1. The molecule has 1 N–H and O–H groups in total. The van der Waals surface area contributed by atoms with Crippen LogP contribution in [0.1, 0.15) is 16.7 Å². The number of halogens is 1. The van der Waals surface area contributed by atoms with E-state index in [-0.39, 0.29) is 5.75 Å². The van der Waals surface area contributed by atoms with E-state index in [0.29, 0.717) is 16.2 Å². The monoisotopic (exact) mass is 269 g/mol. The van der Waals surface area contributed by atoms with E-state index in [1.807, 2.05) is 19.1 Å². The highest BCUT2D eigenvalue weighted by Crippen LogP contribution is 2.25. The molecule has 0 amide bonds. The van der Waals surface area contributed by atoms with E-state index < -0.39 is 0 Å². The van der Waals surface area contributed by atoms with Gasteiger partial charge < -0.3 is 5.11 Å². The van der Waals surface area contributed by atoms with Crippen LogP contribution < -0.4 is 0 Å². The van der Waals surface area contributed by atoms with Gasteiger partial charge in [-0.1, -0.05) is 35.4 Å². The van der Waals surface area contributed by atoms with Crippen molar-refractivity contribution in [3.63, 3.8) is 0 Å². The first kappa shape index (κ1) is 13.2. The molecule has 0 radical (unpaired) electrons. The second kappa shape index (κ2) is 5.60. The SMILES string of the molecule is Cc1ccc(O)c(/C=C(/C#N)c2ccc(Cl)cc2)c1. The molecule has 0 unspecified atom stereocenters. The van der Waals surface area contributed by atoms with Crippen molar-refractivity contribution in [3.8, 4) is 11.8 Å². The maximum Gasteiger partial charge on any atom is 0.122 e. The highest BCUT2D eigenvalue weighted by Gasteiger charge is 2.04. The van der Waals surface area contributed by atoms with Gasteiger partial charge in [-0.3, -0.25) is 0 Å². The Bertz CT molecular complexity index is 666. The average Bonchev–Trinajstić information content (AvgIpc) is 2.41. The molecule has 2 nitrogen and oxygen atoms in total. The molecule has 3 heteroatoms. The highest BCUT2D eigenvalue weighted by molar-refractivity contribution is 6.30. The van der Waals surface area contributed by atoms with Crippen LogP contribution in [0.5, 0.6) is 5.75 Å². The van der Waals surface area contributed by atoms with Gasteiger partial charge in [-0.25, -0.2) is 0 Å². The molecule has 2 aromatic rings. The topological polar surface area (TPSA) is 44.0 Å². The van der Waals surface area contributed by atoms with E-state index in [0.717, 1.165) is 11.1 Å². The molecule has 0 aliphatic heterocycles. The lowest BCUT2D eigenvalue weighted by Crippen LogP contribution is -1.83. The molecule has 2 rings (SSSR count). The molecule has 2 aromatic carbocycles. The van der Waals surface area contributed by atoms with Gasteiger partial charge in [0.05, 0.1) is 11.6 Å². The number of aromatic hydroxyl groups is 1. The van der Waals surface area contributed by atoms with Gasteiger partial charge in [0, 0.05) is 10.6 Å². The van der Waals surface area contributed by atoms with Gasteiger partial charge in [0.2, 0.25) is 0 Å². The van der Waals surface area contributed by atoms with Crippen molar-refractivity contribution in [2.24, 2.45) is 0 Å². The number of phenolic OH excluding ortho intramolecular Hbond substituents is 1. The standard InChI is InChI=1S/C16H12ClNO/c1-11-2-7-16(19)13(8-11)9-14(10-18)12-3-5-15(17)6-4-12/h2-9,19H,1H3/b14-9-. The lowest BCUT2D eigenvalue weighted by molar-refractivity contribution is 0.474. The third kappa shape index (κ3) is 3.15. The zero-order valence-electron chi connectivity index (χ0n) is 10.4. The van der Waals surface area contributed by atoms with Crippen molar-refractivity contribution in [1.82, 2.24) is 0 Å². The van der Waals surface area contributed by atoms with Gasteiger partial charge in [0.15, 0.2) is 0 Å². The Kier molecular flexibility index (Phi) is 3.89. The number of hydrogen-bond donors (Lipinski definition) is 1. The number of nitriles is 1. The predicted molar refractivity (Wildman–Crippen MR) is 77.8 cm³/mol. The third-order valence-corrected chi connectivity index (χ3v) is 3.01. The maximum atomic E-state index is 9.80. The summed E-state index contributed by atoms with van der Waals surface area (Å²) in [6.07, 6.45) is 1.67. The predicted octanol–water partition coefficient (Wildman–Crippen LogP) is 4.42. The molecule has 19 heavy (non-hydrogen) atoms. The van der Waals surface area contributed by atoms with Crippen LogP contribution in [0.4, 0.5) is 0 Å². The van der Waals surface area contributed by atoms with E-state index in [1.165, 1.54) is 0 Å². The first-order valence-electron chi connectivity index (χ1n) is 5.77. The quantitative estimate of drug-likeness (QED) is 0.648. The number of nitrogens with zero attached hydrogens (tertiary/aromatic N) is 1. The Labute approximate surface area is 117 Å². The van der Waals surface area contributed by atoms with Crippen molar-refractivity contribution >= 4 is 23.3 Å². The van der Waals surface area contributed by atoms with Crippen molar-refractivity contribution in [1.29, 1.82) is 5.26 Å². The number of aryl methyl sites for hydroxylation is 1. The fourth-order valence-electron chi connectivity index (χ4n) is 1.75. The summed E-state index contributed by atoms with van der Waals surface area (Å²) in [7, 11) is 0.